The van der Waals surface area contributed by atoms with Gasteiger partial charge in [-0.15, -0.1) is 0 Å². The zero-order chi connectivity index (χ0) is 14.1. The van der Waals surface area contributed by atoms with Crippen LogP contribution in [0.2, 0.25) is 5.02 Å². The number of benzene rings is 1. The molecule has 0 bridgehead atoms. The van der Waals surface area contributed by atoms with Gasteiger partial charge in [0.1, 0.15) is 12.0 Å². The standard InChI is InChI=1S/C14H11ClN2O3/c1-18-11-3-2-9(15)6-10(11)12-13(20-17-14(12)16)8-4-5-19-7-8/h2-7H,1H3,(H2,16,17). The van der Waals surface area contributed by atoms with Crippen LogP contribution in [0.1, 0.15) is 0 Å². The highest BCUT2D eigenvalue weighted by Crippen LogP contribution is 2.42. The number of furan rings is 1. The topological polar surface area (TPSA) is 74.4 Å². The molecular weight excluding hydrogens is 280 g/mol. The van der Waals surface area contributed by atoms with Gasteiger partial charge in [-0.25, -0.2) is 0 Å². The Morgan fingerprint density at radius 1 is 1.30 bits per heavy atom. The molecule has 3 rings (SSSR count). The summed E-state index contributed by atoms with van der Waals surface area (Å²) in [5.41, 5.74) is 8.01. The number of nitrogens with zero attached hydrogens (tertiary/aromatic N) is 1. The van der Waals surface area contributed by atoms with Gasteiger partial charge >= 0.3 is 0 Å². The van der Waals surface area contributed by atoms with E-state index < -0.39 is 0 Å². The van der Waals surface area contributed by atoms with Crippen molar-refractivity contribution in [2.75, 3.05) is 12.8 Å². The molecule has 0 aliphatic carbocycles. The third-order valence-corrected chi connectivity index (χ3v) is 3.17. The lowest BCUT2D eigenvalue weighted by molar-refractivity contribution is 0.416. The molecule has 5 nitrogen and oxygen atoms in total. The fourth-order valence-corrected chi connectivity index (χ4v) is 2.20. The number of nitrogens with two attached hydrogens (primary N) is 1. The van der Waals surface area contributed by atoms with Gasteiger partial charge in [0.05, 0.1) is 24.5 Å². The molecule has 2 heterocycles. The van der Waals surface area contributed by atoms with E-state index in [1.54, 1.807) is 43.9 Å². The molecule has 0 aliphatic rings. The first-order chi connectivity index (χ1) is 9.70. The van der Waals surface area contributed by atoms with Gasteiger partial charge < -0.3 is 19.4 Å². The Morgan fingerprint density at radius 2 is 2.15 bits per heavy atom. The third-order valence-electron chi connectivity index (χ3n) is 2.93. The monoisotopic (exact) mass is 290 g/mol. The molecule has 3 aromatic rings. The maximum Gasteiger partial charge on any atom is 0.180 e. The predicted octanol–water partition coefficient (Wildman–Crippen LogP) is 3.85. The van der Waals surface area contributed by atoms with Crippen molar-refractivity contribution in [1.29, 1.82) is 0 Å². The smallest absolute Gasteiger partial charge is 0.180 e. The second kappa shape index (κ2) is 4.94. The summed E-state index contributed by atoms with van der Waals surface area (Å²) < 4.78 is 15.7. The van der Waals surface area contributed by atoms with E-state index >= 15 is 0 Å². The Labute approximate surface area is 119 Å². The van der Waals surface area contributed by atoms with Gasteiger partial charge in [-0.3, -0.25) is 0 Å². The van der Waals surface area contributed by atoms with Crippen molar-refractivity contribution in [1.82, 2.24) is 5.16 Å². The third kappa shape index (κ3) is 2.02. The summed E-state index contributed by atoms with van der Waals surface area (Å²) in [6, 6.07) is 7.03. The molecule has 0 radical (unpaired) electrons. The van der Waals surface area contributed by atoms with Gasteiger partial charge in [-0.1, -0.05) is 16.8 Å². The molecule has 0 fully saturated rings. The second-order valence-electron chi connectivity index (χ2n) is 4.13. The first kappa shape index (κ1) is 12.6. The highest BCUT2D eigenvalue weighted by molar-refractivity contribution is 6.31. The SMILES string of the molecule is COc1ccc(Cl)cc1-c1c(N)noc1-c1ccoc1. The molecule has 0 spiro atoms. The van der Waals surface area contributed by atoms with Crippen LogP contribution >= 0.6 is 11.6 Å². The largest absolute Gasteiger partial charge is 0.496 e. The van der Waals surface area contributed by atoms with Crippen LogP contribution in [0.3, 0.4) is 0 Å². The molecule has 0 saturated carbocycles. The zero-order valence-corrected chi connectivity index (χ0v) is 11.3. The fourth-order valence-electron chi connectivity index (χ4n) is 2.03. The van der Waals surface area contributed by atoms with Crippen LogP contribution < -0.4 is 10.5 Å². The molecule has 0 saturated heterocycles. The fraction of sp³-hybridized carbons (Fsp3) is 0.0714. The highest BCUT2D eigenvalue weighted by Gasteiger charge is 2.21. The molecule has 0 amide bonds. The molecule has 2 N–H and O–H groups in total. The summed E-state index contributed by atoms with van der Waals surface area (Å²) >= 11 is 6.05. The van der Waals surface area contributed by atoms with E-state index in [1.165, 1.54) is 0 Å². The normalized spacial score (nSPS) is 10.7. The van der Waals surface area contributed by atoms with E-state index in [1.807, 2.05) is 0 Å². The van der Waals surface area contributed by atoms with E-state index in [0.29, 0.717) is 22.1 Å². The molecule has 102 valence electrons. The molecule has 2 aromatic heterocycles. The van der Waals surface area contributed by atoms with Gasteiger partial charge in [0.2, 0.25) is 0 Å². The number of anilines is 1. The maximum absolute atomic E-state index is 6.05. The zero-order valence-electron chi connectivity index (χ0n) is 10.6. The summed E-state index contributed by atoms with van der Waals surface area (Å²) in [4.78, 5) is 0. The molecular formula is C14H11ClN2O3. The Morgan fingerprint density at radius 3 is 2.85 bits per heavy atom. The second-order valence-corrected chi connectivity index (χ2v) is 4.57. The van der Waals surface area contributed by atoms with Gasteiger partial charge in [-0.2, -0.15) is 0 Å². The average molecular weight is 291 g/mol. The van der Waals surface area contributed by atoms with Crippen LogP contribution in [0, 0.1) is 0 Å². The number of hydrogen-bond donors (Lipinski definition) is 1. The molecule has 6 heteroatoms. The van der Waals surface area contributed by atoms with E-state index in [4.69, 9.17) is 31.0 Å². The number of methoxy groups -OCH3 is 1. The lowest BCUT2D eigenvalue weighted by Crippen LogP contribution is -1.92. The van der Waals surface area contributed by atoms with Crippen molar-refractivity contribution in [3.63, 3.8) is 0 Å². The van der Waals surface area contributed by atoms with Crippen molar-refractivity contribution in [2.24, 2.45) is 0 Å². The van der Waals surface area contributed by atoms with Crippen molar-refractivity contribution < 1.29 is 13.7 Å². The first-order valence-electron chi connectivity index (χ1n) is 5.82. The number of aromatic nitrogens is 1. The Bertz CT molecular complexity index is 735. The van der Waals surface area contributed by atoms with Crippen LogP contribution in [-0.2, 0) is 0 Å². The van der Waals surface area contributed by atoms with Crippen LogP contribution in [0.15, 0.2) is 45.7 Å². The molecule has 0 aliphatic heterocycles. The number of nitrogen functional groups attached to an aromatic ring is 1. The molecule has 0 atom stereocenters. The predicted molar refractivity (Wildman–Crippen MR) is 75.6 cm³/mol. The van der Waals surface area contributed by atoms with Crippen molar-refractivity contribution in [3.05, 3.63) is 41.8 Å². The van der Waals surface area contributed by atoms with E-state index in [9.17, 15) is 0 Å². The Balaban J connectivity index is 2.25. The van der Waals surface area contributed by atoms with Gasteiger partial charge in [0.25, 0.3) is 0 Å². The van der Waals surface area contributed by atoms with Crippen LogP contribution in [-0.4, -0.2) is 12.3 Å². The Kier molecular flexibility index (Phi) is 3.12. The van der Waals surface area contributed by atoms with Crippen molar-refractivity contribution >= 4 is 17.4 Å². The minimum absolute atomic E-state index is 0.266. The van der Waals surface area contributed by atoms with E-state index in [-0.39, 0.29) is 5.82 Å². The summed E-state index contributed by atoms with van der Waals surface area (Å²) in [7, 11) is 1.58. The van der Waals surface area contributed by atoms with Crippen molar-refractivity contribution in [3.8, 4) is 28.2 Å². The number of rotatable bonds is 3. The van der Waals surface area contributed by atoms with Gasteiger partial charge in [0.15, 0.2) is 11.6 Å². The number of hydrogen-bond acceptors (Lipinski definition) is 5. The molecule has 1 aromatic carbocycles. The maximum atomic E-state index is 6.05. The average Bonchev–Trinajstić information content (AvgIpc) is 3.07. The number of ether oxygens (including phenoxy) is 1. The van der Waals surface area contributed by atoms with E-state index in [2.05, 4.69) is 5.16 Å². The summed E-state index contributed by atoms with van der Waals surface area (Å²) in [5, 5.41) is 4.39. The first-order valence-corrected chi connectivity index (χ1v) is 6.20. The summed E-state index contributed by atoms with van der Waals surface area (Å²) in [5.74, 6) is 1.41. The molecule has 0 unspecified atom stereocenters. The lowest BCUT2D eigenvalue weighted by atomic mass is 10.0. The number of halogens is 1. The summed E-state index contributed by atoms with van der Waals surface area (Å²) in [6.45, 7) is 0. The Hall–Kier alpha value is -2.40. The van der Waals surface area contributed by atoms with Crippen molar-refractivity contribution in [2.45, 2.75) is 0 Å². The lowest BCUT2D eigenvalue weighted by Gasteiger charge is -2.08. The van der Waals surface area contributed by atoms with Gasteiger partial charge in [0, 0.05) is 10.6 Å². The minimum atomic E-state index is 0.266. The van der Waals surface area contributed by atoms with E-state index in [0.717, 1.165) is 11.1 Å². The summed E-state index contributed by atoms with van der Waals surface area (Å²) in [6.07, 6.45) is 3.10. The van der Waals surface area contributed by atoms with Crippen LogP contribution in [0.4, 0.5) is 5.82 Å². The minimum Gasteiger partial charge on any atom is -0.496 e. The van der Waals surface area contributed by atoms with Gasteiger partial charge in [-0.05, 0) is 24.3 Å². The highest BCUT2D eigenvalue weighted by atomic mass is 35.5. The molecule has 20 heavy (non-hydrogen) atoms. The quantitative estimate of drug-likeness (QED) is 0.793. The van der Waals surface area contributed by atoms with Crippen LogP contribution in [0.5, 0.6) is 5.75 Å². The van der Waals surface area contributed by atoms with Crippen LogP contribution in [0.25, 0.3) is 22.5 Å².